The molecule has 1 aromatic rings. The average Bonchev–Trinajstić information content (AvgIpc) is 3.68. The number of methoxy groups -OCH3 is 1. The quantitative estimate of drug-likeness (QED) is 0.309. The van der Waals surface area contributed by atoms with Crippen molar-refractivity contribution in [2.45, 2.75) is 70.4 Å². The van der Waals surface area contributed by atoms with Gasteiger partial charge in [0.25, 0.3) is 0 Å². The fourth-order valence-electron chi connectivity index (χ4n) is 5.87. The van der Waals surface area contributed by atoms with E-state index in [-0.39, 0.29) is 36.1 Å². The fourth-order valence-corrected chi connectivity index (χ4v) is 5.87. The maximum absolute atomic E-state index is 13.7. The number of amides is 1. The van der Waals surface area contributed by atoms with E-state index < -0.39 is 24.0 Å². The molecule has 1 saturated carbocycles. The summed E-state index contributed by atoms with van der Waals surface area (Å²) >= 11 is 0. The Hall–Kier alpha value is -2.62. The van der Waals surface area contributed by atoms with Crippen molar-refractivity contribution in [3.63, 3.8) is 0 Å². The highest BCUT2D eigenvalue weighted by Gasteiger charge is 2.39. The molecule has 0 spiro atoms. The van der Waals surface area contributed by atoms with Gasteiger partial charge < -0.3 is 19.5 Å². The second-order valence-corrected chi connectivity index (χ2v) is 11.6. The molecule has 1 N–H and O–H groups in total. The van der Waals surface area contributed by atoms with E-state index in [1.807, 2.05) is 29.2 Å². The first-order valence-corrected chi connectivity index (χ1v) is 14.8. The Morgan fingerprint density at radius 3 is 2.35 bits per heavy atom. The summed E-state index contributed by atoms with van der Waals surface area (Å²) in [5.74, 6) is -0.297. The maximum Gasteiger partial charge on any atom is 0.223 e. The molecular weight excluding hydrogens is 512 g/mol. The van der Waals surface area contributed by atoms with Gasteiger partial charge in [-0.1, -0.05) is 44.7 Å². The molecule has 3 aliphatic rings. The van der Waals surface area contributed by atoms with E-state index in [1.165, 1.54) is 0 Å². The summed E-state index contributed by atoms with van der Waals surface area (Å²) < 4.78 is 15.9. The molecule has 1 aromatic carbocycles. The largest absolute Gasteiger partial charge is 0.497 e. The van der Waals surface area contributed by atoms with Crippen LogP contribution < -0.4 is 10.1 Å². The molecule has 2 saturated heterocycles. The minimum atomic E-state index is -0.795. The topological polar surface area (TPSA) is 115 Å². The number of Topliss-reactive ketones (excluding diaryl/α,β-unsaturated/α-hetero) is 3. The first-order valence-electron chi connectivity index (χ1n) is 14.8. The molecule has 1 aliphatic carbocycles. The number of nitrogens with one attached hydrogen (secondary N) is 1. The zero-order valence-electron chi connectivity index (χ0n) is 23.9. The Morgan fingerprint density at radius 1 is 1.05 bits per heavy atom. The lowest BCUT2D eigenvalue weighted by Crippen LogP contribution is -2.46. The predicted molar refractivity (Wildman–Crippen MR) is 149 cm³/mol. The van der Waals surface area contributed by atoms with Gasteiger partial charge in [0.15, 0.2) is 11.6 Å². The van der Waals surface area contributed by atoms with Gasteiger partial charge in [0.05, 0.1) is 39.5 Å². The lowest BCUT2D eigenvalue weighted by Gasteiger charge is -2.26. The number of ketones is 3. The Labute approximate surface area is 237 Å². The normalized spacial score (nSPS) is 21.8. The summed E-state index contributed by atoms with van der Waals surface area (Å²) in [5, 5.41) is 2.94. The second-order valence-electron chi connectivity index (χ2n) is 11.6. The first-order chi connectivity index (χ1) is 19.3. The fraction of sp³-hybridized carbons (Fsp3) is 0.677. The highest BCUT2D eigenvalue weighted by molar-refractivity contribution is 5.96. The molecule has 220 valence electrons. The van der Waals surface area contributed by atoms with E-state index in [4.69, 9.17) is 14.2 Å². The summed E-state index contributed by atoms with van der Waals surface area (Å²) in [7, 11) is 1.59. The van der Waals surface area contributed by atoms with Crippen LogP contribution in [0.4, 0.5) is 0 Å². The zero-order chi connectivity index (χ0) is 28.5. The number of epoxide rings is 1. The lowest BCUT2D eigenvalue weighted by atomic mass is 9.83. The van der Waals surface area contributed by atoms with Gasteiger partial charge in [-0.2, -0.15) is 0 Å². The van der Waals surface area contributed by atoms with Crippen molar-refractivity contribution < 1.29 is 33.4 Å². The average molecular weight is 557 g/mol. The highest BCUT2D eigenvalue weighted by atomic mass is 16.6. The van der Waals surface area contributed by atoms with Crippen molar-refractivity contribution in [2.24, 2.45) is 17.8 Å². The molecule has 9 nitrogen and oxygen atoms in total. The van der Waals surface area contributed by atoms with Gasteiger partial charge in [-0.3, -0.25) is 24.1 Å². The molecule has 0 bridgehead atoms. The smallest absolute Gasteiger partial charge is 0.223 e. The van der Waals surface area contributed by atoms with Crippen LogP contribution in [0.25, 0.3) is 0 Å². The first kappa shape index (κ1) is 30.3. The summed E-state index contributed by atoms with van der Waals surface area (Å²) in [6.45, 7) is 5.07. The molecule has 4 atom stereocenters. The molecule has 1 amide bonds. The number of ether oxygens (including phenoxy) is 3. The van der Waals surface area contributed by atoms with E-state index in [0.717, 1.165) is 31.2 Å². The van der Waals surface area contributed by atoms with Crippen molar-refractivity contribution in [3.8, 4) is 5.75 Å². The minimum absolute atomic E-state index is 0.00533. The molecule has 2 aliphatic heterocycles. The Bertz CT molecular complexity index is 1010. The van der Waals surface area contributed by atoms with Crippen molar-refractivity contribution in [2.75, 3.05) is 46.6 Å². The van der Waals surface area contributed by atoms with Gasteiger partial charge in [0.1, 0.15) is 17.6 Å². The van der Waals surface area contributed by atoms with E-state index >= 15 is 0 Å². The molecule has 4 rings (SSSR count). The van der Waals surface area contributed by atoms with Gasteiger partial charge in [-0.05, 0) is 36.5 Å². The summed E-state index contributed by atoms with van der Waals surface area (Å²) in [5.41, 5.74) is 0.875. The van der Waals surface area contributed by atoms with E-state index in [9.17, 15) is 19.2 Å². The third-order valence-corrected chi connectivity index (χ3v) is 8.38. The molecule has 4 unspecified atom stereocenters. The number of rotatable bonds is 16. The van der Waals surface area contributed by atoms with Crippen LogP contribution in [0.1, 0.15) is 57.4 Å². The second kappa shape index (κ2) is 14.8. The van der Waals surface area contributed by atoms with Gasteiger partial charge in [-0.25, -0.2) is 0 Å². The monoisotopic (exact) mass is 556 g/mol. The van der Waals surface area contributed by atoms with Crippen LogP contribution in [-0.2, 0) is 35.1 Å². The van der Waals surface area contributed by atoms with E-state index in [2.05, 4.69) is 5.32 Å². The predicted octanol–water partition coefficient (Wildman–Crippen LogP) is 2.77. The minimum Gasteiger partial charge on any atom is -0.497 e. The lowest BCUT2D eigenvalue weighted by molar-refractivity contribution is -0.134. The number of carbonyl (C=O) groups excluding carboxylic acids is 4. The van der Waals surface area contributed by atoms with Crippen LogP contribution in [0.5, 0.6) is 5.75 Å². The zero-order valence-corrected chi connectivity index (χ0v) is 23.9. The number of carbonyl (C=O) groups is 4. The highest BCUT2D eigenvalue weighted by Crippen LogP contribution is 2.34. The number of nitrogens with zero attached hydrogens (tertiary/aromatic N) is 1. The Kier molecular flexibility index (Phi) is 11.3. The van der Waals surface area contributed by atoms with Crippen LogP contribution in [-0.4, -0.2) is 86.9 Å². The molecule has 3 fully saturated rings. The number of hydrogen-bond donors (Lipinski definition) is 1. The number of hydrogen-bond acceptors (Lipinski definition) is 8. The van der Waals surface area contributed by atoms with Crippen molar-refractivity contribution in [1.29, 1.82) is 0 Å². The third kappa shape index (κ3) is 9.21. The van der Waals surface area contributed by atoms with Crippen LogP contribution in [0, 0.1) is 17.8 Å². The maximum atomic E-state index is 13.7. The van der Waals surface area contributed by atoms with Gasteiger partial charge in [0.2, 0.25) is 5.91 Å². The van der Waals surface area contributed by atoms with Crippen LogP contribution in [0.15, 0.2) is 24.3 Å². The number of morpholine rings is 1. The summed E-state index contributed by atoms with van der Waals surface area (Å²) in [6, 6.07) is 6.60. The molecular formula is C31H44N2O7. The standard InChI is InChI=1S/C31H44N2O7/c1-21(15-25(34)19-33-11-13-39-14-12-33)31(37)32-27(17-23-7-9-26(38-2)10-8-23)28(35)18-24(30(36)29-20-40-29)16-22-5-3-4-6-22/h7-10,21-22,24,27,29H,3-6,11-20H2,1-2H3,(H,32,37). The Morgan fingerprint density at radius 2 is 1.73 bits per heavy atom. The summed E-state index contributed by atoms with van der Waals surface area (Å²) in [4.78, 5) is 54.7. The molecule has 2 heterocycles. The van der Waals surface area contributed by atoms with Crippen LogP contribution in [0.2, 0.25) is 0 Å². The van der Waals surface area contributed by atoms with E-state index in [1.54, 1.807) is 14.0 Å². The number of benzene rings is 1. The molecule has 0 radical (unpaired) electrons. The van der Waals surface area contributed by atoms with Crippen molar-refractivity contribution in [3.05, 3.63) is 29.8 Å². The van der Waals surface area contributed by atoms with Gasteiger partial charge >= 0.3 is 0 Å². The molecule has 0 aromatic heterocycles. The Balaban J connectivity index is 1.41. The van der Waals surface area contributed by atoms with Gasteiger partial charge in [0, 0.05) is 37.8 Å². The summed E-state index contributed by atoms with van der Waals surface area (Å²) in [6.07, 6.45) is 5.29. The van der Waals surface area contributed by atoms with E-state index in [0.29, 0.717) is 64.0 Å². The van der Waals surface area contributed by atoms with Gasteiger partial charge in [-0.15, -0.1) is 0 Å². The van der Waals surface area contributed by atoms with Crippen LogP contribution >= 0.6 is 0 Å². The van der Waals surface area contributed by atoms with Crippen LogP contribution in [0.3, 0.4) is 0 Å². The van der Waals surface area contributed by atoms with Crippen molar-refractivity contribution in [1.82, 2.24) is 10.2 Å². The van der Waals surface area contributed by atoms with Crippen molar-refractivity contribution >= 4 is 23.3 Å². The SMILES string of the molecule is COc1ccc(CC(NC(=O)C(C)CC(=O)CN2CCOCC2)C(=O)CC(CC2CCCC2)C(=O)C2CO2)cc1. The molecule has 9 heteroatoms. The third-order valence-electron chi connectivity index (χ3n) is 8.38. The molecule has 40 heavy (non-hydrogen) atoms.